The highest BCUT2D eigenvalue weighted by Crippen LogP contribution is 2.30. The van der Waals surface area contributed by atoms with E-state index in [1.807, 2.05) is 32.9 Å². The average Bonchev–Trinajstić information content (AvgIpc) is 2.94. The first-order valence-electron chi connectivity index (χ1n) is 8.57. The Hall–Kier alpha value is -1.40. The van der Waals surface area contributed by atoms with Crippen molar-refractivity contribution >= 4 is 15.7 Å². The summed E-state index contributed by atoms with van der Waals surface area (Å²) in [5.41, 5.74) is 0.630. The Kier molecular flexibility index (Phi) is 6.04. The van der Waals surface area contributed by atoms with Gasteiger partial charge in [-0.05, 0) is 45.4 Å². The van der Waals surface area contributed by atoms with Crippen molar-refractivity contribution in [1.82, 2.24) is 10.2 Å². The SMILES string of the molecule is CCCNC(=O)C1(C)CCN(CCS(=O)(=O)c2ccc(C)cc2)C1. The van der Waals surface area contributed by atoms with Gasteiger partial charge in [-0.15, -0.1) is 0 Å². The molecule has 1 aliphatic heterocycles. The quantitative estimate of drug-likeness (QED) is 0.815. The molecule has 24 heavy (non-hydrogen) atoms. The second-order valence-corrected chi connectivity index (χ2v) is 9.08. The molecule has 1 unspecified atom stereocenters. The van der Waals surface area contributed by atoms with E-state index in [1.165, 1.54) is 0 Å². The number of amides is 1. The van der Waals surface area contributed by atoms with Gasteiger partial charge in [-0.3, -0.25) is 4.79 Å². The fourth-order valence-electron chi connectivity index (χ4n) is 3.00. The number of benzene rings is 1. The van der Waals surface area contributed by atoms with Crippen LogP contribution in [-0.2, 0) is 14.6 Å². The molecule has 134 valence electrons. The summed E-state index contributed by atoms with van der Waals surface area (Å²) in [6, 6.07) is 6.96. The van der Waals surface area contributed by atoms with Gasteiger partial charge in [0.15, 0.2) is 9.84 Å². The monoisotopic (exact) mass is 352 g/mol. The number of carbonyl (C=O) groups is 1. The summed E-state index contributed by atoms with van der Waals surface area (Å²) in [5, 5.41) is 2.95. The van der Waals surface area contributed by atoms with Crippen LogP contribution in [0.5, 0.6) is 0 Å². The smallest absolute Gasteiger partial charge is 0.227 e. The molecule has 1 fully saturated rings. The van der Waals surface area contributed by atoms with Crippen LogP contribution in [0, 0.1) is 12.3 Å². The Morgan fingerprint density at radius 3 is 2.58 bits per heavy atom. The fourth-order valence-corrected chi connectivity index (χ4v) is 4.28. The summed E-state index contributed by atoms with van der Waals surface area (Å²) in [6.45, 7) is 8.46. The molecular weight excluding hydrogens is 324 g/mol. The molecule has 0 bridgehead atoms. The lowest BCUT2D eigenvalue weighted by atomic mass is 9.89. The van der Waals surface area contributed by atoms with Crippen molar-refractivity contribution in [2.75, 3.05) is 31.9 Å². The van der Waals surface area contributed by atoms with Crippen molar-refractivity contribution in [3.63, 3.8) is 0 Å². The molecule has 5 nitrogen and oxygen atoms in total. The Balaban J connectivity index is 1.91. The standard InChI is InChI=1S/C18H28N2O3S/c1-4-10-19-17(21)18(3)9-11-20(14-18)12-13-24(22,23)16-7-5-15(2)6-8-16/h5-8H,4,9-14H2,1-3H3,(H,19,21). The summed E-state index contributed by atoms with van der Waals surface area (Å²) in [7, 11) is -3.28. The zero-order valence-corrected chi connectivity index (χ0v) is 15.7. The van der Waals surface area contributed by atoms with Gasteiger partial charge in [0, 0.05) is 19.6 Å². The van der Waals surface area contributed by atoms with Gasteiger partial charge in [0.05, 0.1) is 16.1 Å². The highest BCUT2D eigenvalue weighted by Gasteiger charge is 2.40. The number of rotatable bonds is 7. The van der Waals surface area contributed by atoms with Gasteiger partial charge in [0.2, 0.25) is 5.91 Å². The zero-order valence-electron chi connectivity index (χ0n) is 14.8. The van der Waals surface area contributed by atoms with Crippen molar-refractivity contribution < 1.29 is 13.2 Å². The number of carbonyl (C=O) groups excluding carboxylic acids is 1. The maximum atomic E-state index is 12.4. The minimum absolute atomic E-state index is 0.0771. The van der Waals surface area contributed by atoms with Gasteiger partial charge in [-0.2, -0.15) is 0 Å². The summed E-state index contributed by atoms with van der Waals surface area (Å²) < 4.78 is 24.9. The highest BCUT2D eigenvalue weighted by molar-refractivity contribution is 7.91. The number of sulfone groups is 1. The molecule has 0 aromatic heterocycles. The summed E-state index contributed by atoms with van der Waals surface area (Å²) in [4.78, 5) is 14.7. The van der Waals surface area contributed by atoms with Gasteiger partial charge in [-0.25, -0.2) is 8.42 Å². The van der Waals surface area contributed by atoms with Crippen LogP contribution in [0.3, 0.4) is 0 Å². The third kappa shape index (κ3) is 4.57. The molecule has 1 atom stereocenters. The Labute approximate surface area is 145 Å². The first-order valence-corrected chi connectivity index (χ1v) is 10.2. The minimum atomic E-state index is -3.28. The van der Waals surface area contributed by atoms with E-state index < -0.39 is 15.3 Å². The van der Waals surface area contributed by atoms with E-state index in [0.717, 1.165) is 24.9 Å². The van der Waals surface area contributed by atoms with E-state index >= 15 is 0 Å². The maximum absolute atomic E-state index is 12.4. The number of nitrogens with zero attached hydrogens (tertiary/aromatic N) is 1. The van der Waals surface area contributed by atoms with Crippen LogP contribution in [-0.4, -0.2) is 51.2 Å². The van der Waals surface area contributed by atoms with Crippen molar-refractivity contribution in [2.24, 2.45) is 5.41 Å². The minimum Gasteiger partial charge on any atom is -0.356 e. The molecule has 6 heteroatoms. The third-order valence-electron chi connectivity index (χ3n) is 4.69. The fraction of sp³-hybridized carbons (Fsp3) is 0.611. The number of likely N-dealkylation sites (tertiary alicyclic amines) is 1. The molecule has 1 heterocycles. The van der Waals surface area contributed by atoms with Gasteiger partial charge in [0.1, 0.15) is 0 Å². The highest BCUT2D eigenvalue weighted by atomic mass is 32.2. The molecule has 2 rings (SSSR count). The van der Waals surface area contributed by atoms with E-state index in [4.69, 9.17) is 0 Å². The summed E-state index contributed by atoms with van der Waals surface area (Å²) in [6.07, 6.45) is 1.69. The van der Waals surface area contributed by atoms with E-state index in [2.05, 4.69) is 10.2 Å². The predicted octanol–water partition coefficient (Wildman–Crippen LogP) is 2.01. The van der Waals surface area contributed by atoms with E-state index in [9.17, 15) is 13.2 Å². The number of hydrogen-bond acceptors (Lipinski definition) is 4. The number of hydrogen-bond donors (Lipinski definition) is 1. The van der Waals surface area contributed by atoms with Crippen LogP contribution < -0.4 is 5.32 Å². The molecule has 0 aliphatic carbocycles. The summed E-state index contributed by atoms with van der Waals surface area (Å²) >= 11 is 0. The number of nitrogens with one attached hydrogen (secondary N) is 1. The molecule has 1 amide bonds. The van der Waals surface area contributed by atoms with Crippen LogP contribution in [0.4, 0.5) is 0 Å². The molecule has 1 N–H and O–H groups in total. The second kappa shape index (κ2) is 7.66. The normalized spacial score (nSPS) is 21.8. The Morgan fingerprint density at radius 2 is 1.96 bits per heavy atom. The zero-order chi connectivity index (χ0) is 17.8. The molecule has 1 saturated heterocycles. The van der Waals surface area contributed by atoms with Crippen LogP contribution in [0.25, 0.3) is 0 Å². The molecule has 1 aromatic rings. The molecule has 0 saturated carbocycles. The van der Waals surface area contributed by atoms with Gasteiger partial charge in [0.25, 0.3) is 0 Å². The number of aryl methyl sites for hydroxylation is 1. The van der Waals surface area contributed by atoms with Crippen molar-refractivity contribution in [3.05, 3.63) is 29.8 Å². The van der Waals surface area contributed by atoms with Gasteiger partial charge < -0.3 is 10.2 Å². The lowest BCUT2D eigenvalue weighted by molar-refractivity contribution is -0.129. The van der Waals surface area contributed by atoms with E-state index in [-0.39, 0.29) is 11.7 Å². The van der Waals surface area contributed by atoms with E-state index in [0.29, 0.717) is 24.5 Å². The first-order chi connectivity index (χ1) is 11.3. The van der Waals surface area contributed by atoms with Gasteiger partial charge >= 0.3 is 0 Å². The van der Waals surface area contributed by atoms with Gasteiger partial charge in [-0.1, -0.05) is 24.6 Å². The Bertz CT molecular complexity index is 670. The van der Waals surface area contributed by atoms with E-state index in [1.54, 1.807) is 12.1 Å². The van der Waals surface area contributed by atoms with Crippen molar-refractivity contribution in [2.45, 2.75) is 38.5 Å². The Morgan fingerprint density at radius 1 is 1.29 bits per heavy atom. The summed E-state index contributed by atoms with van der Waals surface area (Å²) in [5.74, 6) is 0.163. The van der Waals surface area contributed by atoms with Crippen LogP contribution in [0.1, 0.15) is 32.3 Å². The van der Waals surface area contributed by atoms with Crippen molar-refractivity contribution in [3.8, 4) is 0 Å². The van der Waals surface area contributed by atoms with Crippen LogP contribution >= 0.6 is 0 Å². The largest absolute Gasteiger partial charge is 0.356 e. The maximum Gasteiger partial charge on any atom is 0.227 e. The average molecular weight is 353 g/mol. The van der Waals surface area contributed by atoms with Crippen LogP contribution in [0.2, 0.25) is 0 Å². The molecule has 0 spiro atoms. The topological polar surface area (TPSA) is 66.5 Å². The first kappa shape index (κ1) is 18.9. The predicted molar refractivity (Wildman–Crippen MR) is 95.7 cm³/mol. The molecule has 1 aromatic carbocycles. The second-order valence-electron chi connectivity index (χ2n) is 6.97. The lowest BCUT2D eigenvalue weighted by Gasteiger charge is -2.23. The molecule has 0 radical (unpaired) electrons. The van der Waals surface area contributed by atoms with Crippen molar-refractivity contribution in [1.29, 1.82) is 0 Å². The molecular formula is C18H28N2O3S. The third-order valence-corrected chi connectivity index (χ3v) is 6.40. The van der Waals surface area contributed by atoms with Crippen LogP contribution in [0.15, 0.2) is 29.2 Å². The lowest BCUT2D eigenvalue weighted by Crippen LogP contribution is -2.41. The molecule has 1 aliphatic rings.